The predicted octanol–water partition coefficient (Wildman–Crippen LogP) is 8.36. The van der Waals surface area contributed by atoms with Gasteiger partial charge >= 0.3 is 261 Å². The predicted molar refractivity (Wildman–Crippen MR) is 145 cm³/mol. The Morgan fingerprint density at radius 2 is 0.821 bits per heavy atom. The third-order valence-corrected chi connectivity index (χ3v) is 13.1. The average Bonchev–Trinajstić information content (AvgIpc) is 3.36. The van der Waals surface area contributed by atoms with Gasteiger partial charge in [-0.1, -0.05) is 0 Å². The zero-order valence-corrected chi connectivity index (χ0v) is 26.1. The van der Waals surface area contributed by atoms with E-state index in [1.807, 2.05) is 0 Å². The van der Waals surface area contributed by atoms with Crippen molar-refractivity contribution in [1.29, 1.82) is 0 Å². The van der Waals surface area contributed by atoms with Crippen molar-refractivity contribution in [3.63, 3.8) is 0 Å². The van der Waals surface area contributed by atoms with E-state index in [0.717, 1.165) is 14.2 Å². The summed E-state index contributed by atoms with van der Waals surface area (Å²) in [4.78, 5) is 25.4. The Morgan fingerprint density at radius 3 is 1.05 bits per heavy atom. The van der Waals surface area contributed by atoms with E-state index < -0.39 is 44.3 Å². The second kappa shape index (κ2) is 9.38. The van der Waals surface area contributed by atoms with Crippen molar-refractivity contribution in [2.75, 3.05) is 27.4 Å². The van der Waals surface area contributed by atoms with E-state index in [1.165, 1.54) is 0 Å². The zero-order chi connectivity index (χ0) is 28.7. The summed E-state index contributed by atoms with van der Waals surface area (Å²) in [6.07, 6.45) is 0. The van der Waals surface area contributed by atoms with Gasteiger partial charge in [0.05, 0.1) is 0 Å². The van der Waals surface area contributed by atoms with Crippen LogP contribution in [0.15, 0.2) is 0 Å². The SMILES string of the molecule is COC(=O)[C@@H]1CO[P-]23(OC[C@H]1C(=O)OC)(Oc1c(Cl)c(Cl)c(Cl)c(Cl)c1O2)Oc1c(Cl)c(Cl)c(Cl)c(Cl)c1O3. The van der Waals surface area contributed by atoms with Crippen molar-refractivity contribution in [2.24, 2.45) is 11.8 Å². The number of rotatable bonds is 2. The molecular formula is C20H12Cl8O10P-. The summed E-state index contributed by atoms with van der Waals surface area (Å²) in [6, 6.07) is 0. The standard InChI is InChI=1S/C20H12Cl8O10P/c1-31-19(29)5-3-33-39(34-4-6(5)20(30)32-2,35-15-11(25)7(21)8(22)12(26)16(15)36-39)37-17-13(27)9(23)10(24)14(28)18(17)38-39/h5-6H,3-4H2,1-2H3/q-1/t5-,6-/m1/s1. The maximum absolute atomic E-state index is 12.7. The fourth-order valence-electron chi connectivity index (χ4n) is 4.08. The normalized spacial score (nSPS) is 24.8. The topological polar surface area (TPSA) is 108 Å². The molecule has 1 saturated heterocycles. The van der Waals surface area contributed by atoms with E-state index >= 15 is 0 Å². The van der Waals surface area contributed by atoms with Crippen molar-refractivity contribution in [2.45, 2.75) is 0 Å². The Labute approximate surface area is 259 Å². The monoisotopic (exact) mass is 723 g/mol. The average molecular weight is 727 g/mol. The van der Waals surface area contributed by atoms with Crippen LogP contribution in [0.25, 0.3) is 0 Å². The summed E-state index contributed by atoms with van der Waals surface area (Å²) >= 11 is 50.6. The number of halogens is 8. The van der Waals surface area contributed by atoms with E-state index in [0.29, 0.717) is 0 Å². The first-order valence-electron chi connectivity index (χ1n) is 10.4. The third-order valence-electron chi connectivity index (χ3n) is 6.01. The van der Waals surface area contributed by atoms with Crippen LogP contribution in [0.3, 0.4) is 0 Å². The van der Waals surface area contributed by atoms with Crippen LogP contribution in [0.1, 0.15) is 0 Å². The quantitative estimate of drug-likeness (QED) is 0.130. The molecule has 3 aliphatic heterocycles. The van der Waals surface area contributed by atoms with Gasteiger partial charge in [0.1, 0.15) is 0 Å². The van der Waals surface area contributed by atoms with Crippen LogP contribution in [0.5, 0.6) is 23.0 Å². The Morgan fingerprint density at radius 1 is 0.564 bits per heavy atom. The maximum atomic E-state index is 12.7. The number of benzene rings is 2. The minimum atomic E-state index is -6.83. The van der Waals surface area contributed by atoms with Crippen molar-refractivity contribution in [3.8, 4) is 23.0 Å². The van der Waals surface area contributed by atoms with E-state index in [-0.39, 0.29) is 63.2 Å². The zero-order valence-electron chi connectivity index (χ0n) is 19.1. The Hall–Kier alpha value is -0.750. The molecule has 214 valence electrons. The third kappa shape index (κ3) is 4.02. The summed E-state index contributed by atoms with van der Waals surface area (Å²) < 4.78 is 46.5. The van der Waals surface area contributed by atoms with Crippen molar-refractivity contribution in [3.05, 3.63) is 40.2 Å². The molecule has 0 bridgehead atoms. The number of esters is 2. The molecule has 1 spiro atoms. The van der Waals surface area contributed by atoms with Gasteiger partial charge in [0.2, 0.25) is 0 Å². The van der Waals surface area contributed by atoms with Gasteiger partial charge in [-0.05, 0) is 0 Å². The van der Waals surface area contributed by atoms with Crippen LogP contribution in [0.4, 0.5) is 0 Å². The summed E-state index contributed by atoms with van der Waals surface area (Å²) in [5.74, 6) is -5.95. The number of fused-ring (bicyclic) bond motifs is 2. The molecule has 0 aromatic heterocycles. The van der Waals surface area contributed by atoms with Crippen LogP contribution >= 0.6 is 100 Å². The van der Waals surface area contributed by atoms with Gasteiger partial charge in [0, 0.05) is 0 Å². The molecule has 5 rings (SSSR count). The molecule has 0 radical (unpaired) electrons. The van der Waals surface area contributed by atoms with Crippen LogP contribution in [0.2, 0.25) is 40.2 Å². The van der Waals surface area contributed by atoms with Gasteiger partial charge in [-0.25, -0.2) is 0 Å². The molecule has 3 heterocycles. The molecule has 0 saturated carbocycles. The second-order valence-electron chi connectivity index (χ2n) is 8.16. The first-order valence-corrected chi connectivity index (χ1v) is 15.6. The Kier molecular flexibility index (Phi) is 7.15. The van der Waals surface area contributed by atoms with E-state index in [1.54, 1.807) is 0 Å². The molecular weight excluding hydrogens is 715 g/mol. The van der Waals surface area contributed by atoms with Crippen molar-refractivity contribution in [1.82, 2.24) is 0 Å². The summed E-state index contributed by atoms with van der Waals surface area (Å²) in [5, 5.41) is -2.13. The number of ether oxygens (including phenoxy) is 2. The summed E-state index contributed by atoms with van der Waals surface area (Å²) in [7, 11) is -4.62. The van der Waals surface area contributed by atoms with E-state index in [9.17, 15) is 9.59 Å². The van der Waals surface area contributed by atoms with Gasteiger partial charge in [-0.15, -0.1) is 0 Å². The van der Waals surface area contributed by atoms with Crippen LogP contribution in [0, 0.1) is 11.8 Å². The molecule has 1 fully saturated rings. The molecule has 2 aromatic rings. The number of carbonyl (C=O) groups excluding carboxylic acids is 2. The van der Waals surface area contributed by atoms with Gasteiger partial charge in [0.15, 0.2) is 0 Å². The van der Waals surface area contributed by atoms with Gasteiger partial charge in [-0.3, -0.25) is 0 Å². The van der Waals surface area contributed by atoms with Crippen molar-refractivity contribution < 1.29 is 46.2 Å². The first-order chi connectivity index (χ1) is 18.2. The fourth-order valence-corrected chi connectivity index (χ4v) is 9.92. The molecule has 0 N–H and O–H groups in total. The minimum absolute atomic E-state index is 0.228. The van der Waals surface area contributed by atoms with Gasteiger partial charge in [0.25, 0.3) is 0 Å². The molecule has 2 aromatic carbocycles. The Balaban J connectivity index is 1.80. The molecule has 2 atom stereocenters. The van der Waals surface area contributed by atoms with E-state index in [2.05, 4.69) is 0 Å². The summed E-state index contributed by atoms with van der Waals surface area (Å²) in [6.45, 7) is -1.45. The van der Waals surface area contributed by atoms with Crippen molar-refractivity contribution >= 4 is 112 Å². The molecule has 19 heteroatoms. The fraction of sp³-hybridized carbons (Fsp3) is 0.300. The molecule has 39 heavy (non-hydrogen) atoms. The number of hydrogen-bond acceptors (Lipinski definition) is 10. The number of carbonyl (C=O) groups is 2. The Bertz CT molecular complexity index is 1300. The summed E-state index contributed by atoms with van der Waals surface area (Å²) in [5.41, 5.74) is 0. The molecule has 10 nitrogen and oxygen atoms in total. The first kappa shape index (κ1) is 29.7. The number of hydrogen-bond donors (Lipinski definition) is 0. The van der Waals surface area contributed by atoms with Crippen LogP contribution < -0.4 is 18.1 Å². The molecule has 0 aliphatic carbocycles. The molecule has 0 unspecified atom stereocenters. The molecule has 0 amide bonds. The van der Waals surface area contributed by atoms with Crippen LogP contribution in [-0.2, 0) is 28.1 Å². The molecule has 3 aliphatic rings. The van der Waals surface area contributed by atoms with Gasteiger partial charge in [-0.2, -0.15) is 0 Å². The van der Waals surface area contributed by atoms with Gasteiger partial charge < -0.3 is 0 Å². The van der Waals surface area contributed by atoms with E-state index in [4.69, 9.17) is 129 Å². The second-order valence-corrected chi connectivity index (χ2v) is 14.7. The van der Waals surface area contributed by atoms with Crippen LogP contribution in [-0.4, -0.2) is 39.4 Å². The number of methoxy groups -OCH3 is 2.